The van der Waals surface area contributed by atoms with Gasteiger partial charge in [-0.25, -0.2) is 13.6 Å². The molecule has 1 aliphatic carbocycles. The van der Waals surface area contributed by atoms with E-state index in [-0.39, 0.29) is 17.4 Å². The molecule has 36 heavy (non-hydrogen) atoms. The van der Waals surface area contributed by atoms with Crippen LogP contribution in [0.25, 0.3) is 0 Å². The van der Waals surface area contributed by atoms with E-state index in [1.807, 2.05) is 31.2 Å². The van der Waals surface area contributed by atoms with Crippen molar-refractivity contribution in [2.24, 2.45) is 11.8 Å². The third-order valence-electron chi connectivity index (χ3n) is 6.66. The molecule has 1 heterocycles. The van der Waals surface area contributed by atoms with Gasteiger partial charge in [0.2, 0.25) is 0 Å². The Hall–Kier alpha value is -3.04. The summed E-state index contributed by atoms with van der Waals surface area (Å²) in [5.74, 6) is -0.846. The number of hydrogen-bond acceptors (Lipinski definition) is 6. The Balaban J connectivity index is 1.15. The van der Waals surface area contributed by atoms with Crippen molar-refractivity contribution in [2.75, 3.05) is 39.5 Å². The second-order valence-electron chi connectivity index (χ2n) is 9.03. The smallest absolute Gasteiger partial charge is 0.335 e. The Morgan fingerprint density at radius 2 is 1.78 bits per heavy atom. The fourth-order valence-corrected chi connectivity index (χ4v) is 4.81. The molecule has 1 saturated heterocycles. The van der Waals surface area contributed by atoms with Crippen molar-refractivity contribution in [3.63, 3.8) is 0 Å². The molecule has 1 N–H and O–H groups in total. The lowest BCUT2D eigenvalue weighted by Crippen LogP contribution is -2.36. The predicted molar refractivity (Wildman–Crippen MR) is 129 cm³/mol. The normalized spacial score (nSPS) is 21.1. The van der Waals surface area contributed by atoms with Crippen LogP contribution in [-0.2, 0) is 20.7 Å². The number of hydrogen-bond donors (Lipinski definition) is 1. The van der Waals surface area contributed by atoms with Gasteiger partial charge in [0.25, 0.3) is 5.91 Å². The highest BCUT2D eigenvalue weighted by molar-refractivity contribution is 5.94. The lowest BCUT2D eigenvalue weighted by atomic mass is 10.1. The van der Waals surface area contributed by atoms with Gasteiger partial charge in [0.15, 0.2) is 6.10 Å². The molecule has 1 saturated carbocycles. The number of halogens is 2. The highest BCUT2D eigenvalue weighted by atomic mass is 19.1. The summed E-state index contributed by atoms with van der Waals surface area (Å²) in [6.45, 7) is 6.64. The van der Waals surface area contributed by atoms with Gasteiger partial charge in [-0.15, -0.1) is 0 Å². The molecule has 4 rings (SSSR count). The summed E-state index contributed by atoms with van der Waals surface area (Å²) in [6, 6.07) is 10.9. The molecular formula is C27H32F2N2O5. The molecule has 7 nitrogen and oxygen atoms in total. The van der Waals surface area contributed by atoms with Gasteiger partial charge in [-0.2, -0.15) is 0 Å². The van der Waals surface area contributed by atoms with Crippen LogP contribution in [0.1, 0.15) is 29.8 Å². The minimum atomic E-state index is -0.825. The van der Waals surface area contributed by atoms with E-state index in [1.165, 1.54) is 6.07 Å². The molecule has 0 radical (unpaired) electrons. The number of nitrogens with zero attached hydrogens (tertiary/aromatic N) is 1. The first-order chi connectivity index (χ1) is 17.4. The first-order valence-electron chi connectivity index (χ1n) is 12.4. The molecule has 2 aliphatic rings. The molecule has 1 unspecified atom stereocenters. The number of benzene rings is 2. The van der Waals surface area contributed by atoms with Gasteiger partial charge in [-0.3, -0.25) is 4.79 Å². The van der Waals surface area contributed by atoms with Gasteiger partial charge in [0, 0.05) is 44.8 Å². The molecule has 4 atom stereocenters. The Morgan fingerprint density at radius 3 is 2.42 bits per heavy atom. The molecule has 2 aromatic carbocycles. The maximum atomic E-state index is 13.9. The van der Waals surface area contributed by atoms with Crippen LogP contribution >= 0.6 is 0 Å². The predicted octanol–water partition coefficient (Wildman–Crippen LogP) is 3.21. The summed E-state index contributed by atoms with van der Waals surface area (Å²) in [4.78, 5) is 26.2. The van der Waals surface area contributed by atoms with Crippen molar-refractivity contribution in [3.8, 4) is 5.75 Å². The van der Waals surface area contributed by atoms with Crippen molar-refractivity contribution in [3.05, 3.63) is 65.2 Å². The molecule has 9 heteroatoms. The second kappa shape index (κ2) is 11.8. The molecule has 1 amide bonds. The molecule has 0 bridgehead atoms. The van der Waals surface area contributed by atoms with Crippen LogP contribution in [0.5, 0.6) is 5.75 Å². The number of likely N-dealkylation sites (tertiary alicyclic amines) is 1. The Kier molecular flexibility index (Phi) is 8.53. The number of ether oxygens (including phenoxy) is 3. The van der Waals surface area contributed by atoms with Crippen molar-refractivity contribution in [1.82, 2.24) is 10.2 Å². The fourth-order valence-electron chi connectivity index (χ4n) is 4.81. The topological polar surface area (TPSA) is 77.1 Å². The summed E-state index contributed by atoms with van der Waals surface area (Å²) in [6.07, 6.45) is -0.184. The standard InChI is InChI=1S/C27H32F2N2O5/c1-3-34-24(27(33)35-4-2)13-17-5-8-19(9-6-17)36-12-11-30-25-21-15-31(16-22(21)25)26(32)20-10-7-18(28)14-23(20)29/h5-10,14,21-22,24-25,30H,3-4,11-13,15-16H2,1-2H3/t21-,22?,24-,25+/m0/s1. The van der Waals surface area contributed by atoms with E-state index in [2.05, 4.69) is 5.32 Å². The van der Waals surface area contributed by atoms with Crippen LogP contribution in [0.2, 0.25) is 0 Å². The van der Waals surface area contributed by atoms with Gasteiger partial charge in [-0.05, 0) is 55.5 Å². The number of piperidine rings is 1. The van der Waals surface area contributed by atoms with Crippen molar-refractivity contribution < 1.29 is 32.6 Å². The van der Waals surface area contributed by atoms with Gasteiger partial charge < -0.3 is 24.4 Å². The molecule has 0 spiro atoms. The van der Waals surface area contributed by atoms with E-state index in [9.17, 15) is 18.4 Å². The number of carbonyl (C=O) groups is 2. The number of esters is 1. The fraction of sp³-hybridized carbons (Fsp3) is 0.481. The minimum Gasteiger partial charge on any atom is -0.492 e. The maximum Gasteiger partial charge on any atom is 0.335 e. The first-order valence-corrected chi connectivity index (χ1v) is 12.4. The zero-order valence-electron chi connectivity index (χ0n) is 20.5. The monoisotopic (exact) mass is 502 g/mol. The van der Waals surface area contributed by atoms with E-state index >= 15 is 0 Å². The minimum absolute atomic E-state index is 0.0871. The van der Waals surface area contributed by atoms with E-state index < -0.39 is 17.7 Å². The van der Waals surface area contributed by atoms with E-state index in [0.29, 0.717) is 63.8 Å². The number of rotatable bonds is 12. The number of carbonyl (C=O) groups excluding carboxylic acids is 2. The summed E-state index contributed by atoms with van der Waals surface area (Å²) in [5, 5.41) is 3.47. The van der Waals surface area contributed by atoms with Crippen LogP contribution in [0.15, 0.2) is 42.5 Å². The highest BCUT2D eigenvalue weighted by Gasteiger charge is 2.56. The zero-order chi connectivity index (χ0) is 25.7. The van der Waals surface area contributed by atoms with Gasteiger partial charge in [0.05, 0.1) is 12.2 Å². The van der Waals surface area contributed by atoms with Crippen LogP contribution in [-0.4, -0.2) is 68.4 Å². The first kappa shape index (κ1) is 26.0. The molecule has 1 aliphatic heterocycles. The largest absolute Gasteiger partial charge is 0.492 e. The van der Waals surface area contributed by atoms with E-state index in [1.54, 1.807) is 11.8 Å². The Bertz CT molecular complexity index is 1050. The summed E-state index contributed by atoms with van der Waals surface area (Å²) in [5.41, 5.74) is 0.869. The Labute approximate surface area is 209 Å². The van der Waals surface area contributed by atoms with Crippen molar-refractivity contribution in [2.45, 2.75) is 32.4 Å². The van der Waals surface area contributed by atoms with Crippen molar-refractivity contribution in [1.29, 1.82) is 0 Å². The van der Waals surface area contributed by atoms with E-state index in [4.69, 9.17) is 14.2 Å². The van der Waals surface area contributed by atoms with Crippen LogP contribution in [0.3, 0.4) is 0 Å². The maximum absolute atomic E-state index is 13.9. The zero-order valence-corrected chi connectivity index (χ0v) is 20.5. The molecular weight excluding hydrogens is 470 g/mol. The van der Waals surface area contributed by atoms with Crippen LogP contribution in [0.4, 0.5) is 8.78 Å². The summed E-state index contributed by atoms with van der Waals surface area (Å²) in [7, 11) is 0. The summed E-state index contributed by atoms with van der Waals surface area (Å²) < 4.78 is 43.4. The SMILES string of the molecule is CCOC(=O)[C@H](Cc1ccc(OCCN[C@H]2C3CN(C(=O)c4ccc(F)cc4F)C[C@@H]32)cc1)OCC. The Morgan fingerprint density at radius 1 is 1.06 bits per heavy atom. The molecule has 2 aromatic rings. The van der Waals surface area contributed by atoms with Crippen molar-refractivity contribution >= 4 is 11.9 Å². The number of amides is 1. The molecule has 2 fully saturated rings. The third-order valence-corrected chi connectivity index (χ3v) is 6.66. The quantitative estimate of drug-likeness (QED) is 0.355. The average Bonchev–Trinajstić information content (AvgIpc) is 3.29. The third kappa shape index (κ3) is 6.20. The molecule has 194 valence electrons. The number of nitrogens with one attached hydrogen (secondary N) is 1. The lowest BCUT2D eigenvalue weighted by molar-refractivity contribution is -0.156. The van der Waals surface area contributed by atoms with E-state index in [0.717, 1.165) is 23.4 Å². The average molecular weight is 503 g/mol. The second-order valence-corrected chi connectivity index (χ2v) is 9.03. The highest BCUT2D eigenvalue weighted by Crippen LogP contribution is 2.45. The number of fused-ring (bicyclic) bond motifs is 1. The van der Waals surface area contributed by atoms with Gasteiger partial charge in [-0.1, -0.05) is 12.1 Å². The molecule has 0 aromatic heterocycles. The lowest BCUT2D eigenvalue weighted by Gasteiger charge is -2.20. The van der Waals surface area contributed by atoms with Gasteiger partial charge in [0.1, 0.15) is 24.0 Å². The van der Waals surface area contributed by atoms with Crippen LogP contribution in [0, 0.1) is 23.5 Å². The van der Waals surface area contributed by atoms with Gasteiger partial charge >= 0.3 is 5.97 Å². The van der Waals surface area contributed by atoms with Crippen LogP contribution < -0.4 is 10.1 Å². The summed E-state index contributed by atoms with van der Waals surface area (Å²) >= 11 is 0.